The van der Waals surface area contributed by atoms with E-state index in [1.807, 2.05) is 0 Å². The number of likely N-dealkylation sites (tertiary alicyclic amines) is 1. The van der Waals surface area contributed by atoms with Crippen LogP contribution >= 0.6 is 0 Å². The molecule has 132 valence electrons. The van der Waals surface area contributed by atoms with Crippen LogP contribution < -0.4 is 0 Å². The summed E-state index contributed by atoms with van der Waals surface area (Å²) in [5.74, 6) is -1.43. The van der Waals surface area contributed by atoms with Gasteiger partial charge in [-0.15, -0.1) is 0 Å². The Hall–Kier alpha value is -2.90. The Bertz CT molecular complexity index is 757. The number of ether oxygens (including phenoxy) is 2. The number of carbonyl (C=O) groups excluding carboxylic acids is 3. The highest BCUT2D eigenvalue weighted by molar-refractivity contribution is 5.95. The lowest BCUT2D eigenvalue weighted by Crippen LogP contribution is -2.65. The van der Waals surface area contributed by atoms with Crippen LogP contribution in [0.25, 0.3) is 0 Å². The SMILES string of the molecule is COC(=O)/C=C/C(=O)N1CC2(C1)OC(=O)N(C)C2c1cccc(F)c1. The number of hydrogen-bond donors (Lipinski definition) is 0. The minimum absolute atomic E-state index is 0.161. The Morgan fingerprint density at radius 2 is 2.08 bits per heavy atom. The van der Waals surface area contributed by atoms with Crippen LogP contribution in [0.5, 0.6) is 0 Å². The van der Waals surface area contributed by atoms with Crippen molar-refractivity contribution in [2.24, 2.45) is 0 Å². The van der Waals surface area contributed by atoms with Gasteiger partial charge in [-0.05, 0) is 17.7 Å². The summed E-state index contributed by atoms with van der Waals surface area (Å²) >= 11 is 0. The second-order valence-corrected chi connectivity index (χ2v) is 6.05. The van der Waals surface area contributed by atoms with Crippen LogP contribution in [0.3, 0.4) is 0 Å². The van der Waals surface area contributed by atoms with Crippen molar-refractivity contribution in [3.63, 3.8) is 0 Å². The maximum absolute atomic E-state index is 13.6. The maximum Gasteiger partial charge on any atom is 0.410 e. The van der Waals surface area contributed by atoms with Gasteiger partial charge in [-0.2, -0.15) is 0 Å². The number of rotatable bonds is 3. The zero-order valence-electron chi connectivity index (χ0n) is 13.8. The smallest absolute Gasteiger partial charge is 0.410 e. The first-order chi connectivity index (χ1) is 11.9. The van der Waals surface area contributed by atoms with E-state index in [1.165, 1.54) is 29.0 Å². The van der Waals surface area contributed by atoms with Gasteiger partial charge in [0.05, 0.1) is 20.2 Å². The van der Waals surface area contributed by atoms with Gasteiger partial charge in [0, 0.05) is 19.2 Å². The second-order valence-electron chi connectivity index (χ2n) is 6.05. The number of amides is 2. The van der Waals surface area contributed by atoms with Gasteiger partial charge in [-0.3, -0.25) is 9.69 Å². The molecule has 2 fully saturated rings. The Morgan fingerprint density at radius 1 is 1.36 bits per heavy atom. The van der Waals surface area contributed by atoms with E-state index < -0.39 is 29.5 Å². The summed E-state index contributed by atoms with van der Waals surface area (Å²) in [5, 5.41) is 0. The van der Waals surface area contributed by atoms with E-state index in [1.54, 1.807) is 19.2 Å². The molecule has 8 heteroatoms. The van der Waals surface area contributed by atoms with E-state index in [-0.39, 0.29) is 19.0 Å². The molecule has 2 amide bonds. The van der Waals surface area contributed by atoms with E-state index in [0.717, 1.165) is 12.2 Å². The van der Waals surface area contributed by atoms with Crippen LogP contribution in [-0.4, -0.2) is 60.6 Å². The summed E-state index contributed by atoms with van der Waals surface area (Å²) in [5.41, 5.74) is -0.320. The number of benzene rings is 1. The average molecular weight is 348 g/mol. The molecule has 1 atom stereocenters. The van der Waals surface area contributed by atoms with Crippen molar-refractivity contribution in [2.45, 2.75) is 11.6 Å². The third-order valence-corrected chi connectivity index (χ3v) is 4.42. The fourth-order valence-electron chi connectivity index (χ4n) is 3.27. The summed E-state index contributed by atoms with van der Waals surface area (Å²) in [7, 11) is 2.79. The second kappa shape index (κ2) is 6.19. The lowest BCUT2D eigenvalue weighted by molar-refractivity contribution is -0.149. The number of esters is 1. The molecule has 0 radical (unpaired) electrons. The van der Waals surface area contributed by atoms with Gasteiger partial charge in [-0.1, -0.05) is 12.1 Å². The molecule has 3 rings (SSSR count). The van der Waals surface area contributed by atoms with Gasteiger partial charge in [0.15, 0.2) is 5.60 Å². The summed E-state index contributed by atoms with van der Waals surface area (Å²) in [6.07, 6.45) is 1.62. The normalized spacial score (nSPS) is 21.4. The zero-order valence-corrected chi connectivity index (χ0v) is 13.8. The predicted molar refractivity (Wildman–Crippen MR) is 83.9 cm³/mol. The standard InChI is InChI=1S/C17H17FN2O5/c1-19-15(11-4-3-5-12(18)8-11)17(25-16(19)23)9-20(10-17)13(21)6-7-14(22)24-2/h3-8,15H,9-10H2,1-2H3/b7-6+. The highest BCUT2D eigenvalue weighted by atomic mass is 19.1. The van der Waals surface area contributed by atoms with Crippen molar-refractivity contribution in [2.75, 3.05) is 27.2 Å². The van der Waals surface area contributed by atoms with Crippen molar-refractivity contribution >= 4 is 18.0 Å². The minimum atomic E-state index is -0.922. The largest absolute Gasteiger partial charge is 0.466 e. The summed E-state index contributed by atoms with van der Waals surface area (Å²) in [6.45, 7) is 0.323. The quantitative estimate of drug-likeness (QED) is 0.607. The van der Waals surface area contributed by atoms with Crippen LogP contribution in [-0.2, 0) is 19.1 Å². The first kappa shape index (κ1) is 16.9. The highest BCUT2D eigenvalue weighted by Crippen LogP contribution is 2.46. The van der Waals surface area contributed by atoms with E-state index in [0.29, 0.717) is 5.56 Å². The van der Waals surface area contributed by atoms with Gasteiger partial charge in [0.1, 0.15) is 11.9 Å². The van der Waals surface area contributed by atoms with E-state index in [9.17, 15) is 18.8 Å². The predicted octanol–water partition coefficient (Wildman–Crippen LogP) is 1.26. The molecule has 1 unspecified atom stereocenters. The Balaban J connectivity index is 1.78. The summed E-state index contributed by atoms with van der Waals surface area (Å²) in [4.78, 5) is 38.0. The van der Waals surface area contributed by atoms with Gasteiger partial charge in [-0.25, -0.2) is 14.0 Å². The van der Waals surface area contributed by atoms with E-state index >= 15 is 0 Å². The molecule has 1 aromatic rings. The molecule has 2 aliphatic rings. The van der Waals surface area contributed by atoms with Crippen molar-refractivity contribution < 1.29 is 28.2 Å². The number of hydrogen-bond acceptors (Lipinski definition) is 5. The molecule has 1 spiro atoms. The number of nitrogens with zero attached hydrogens (tertiary/aromatic N) is 2. The van der Waals surface area contributed by atoms with Crippen LogP contribution in [0.15, 0.2) is 36.4 Å². The van der Waals surface area contributed by atoms with E-state index in [2.05, 4.69) is 4.74 Å². The van der Waals surface area contributed by atoms with Crippen molar-refractivity contribution in [3.05, 3.63) is 47.8 Å². The fraction of sp³-hybridized carbons (Fsp3) is 0.353. The molecule has 0 aliphatic carbocycles. The first-order valence-electron chi connectivity index (χ1n) is 7.62. The Labute approximate surface area is 143 Å². The number of carbonyl (C=O) groups is 3. The maximum atomic E-state index is 13.6. The molecule has 2 saturated heterocycles. The molecule has 0 N–H and O–H groups in total. The van der Waals surface area contributed by atoms with Gasteiger partial charge in [0.2, 0.25) is 5.91 Å². The molecule has 1 aromatic carbocycles. The van der Waals surface area contributed by atoms with Crippen LogP contribution in [0.4, 0.5) is 9.18 Å². The zero-order chi connectivity index (χ0) is 18.2. The third kappa shape index (κ3) is 2.95. The molecule has 0 saturated carbocycles. The molecule has 7 nitrogen and oxygen atoms in total. The molecule has 0 bridgehead atoms. The number of likely N-dealkylation sites (N-methyl/N-ethyl adjacent to an activating group) is 1. The molecular formula is C17H17FN2O5. The summed E-state index contributed by atoms with van der Waals surface area (Å²) in [6, 6.07) is 5.46. The monoisotopic (exact) mass is 348 g/mol. The average Bonchev–Trinajstić information content (AvgIpc) is 2.82. The Morgan fingerprint density at radius 3 is 2.72 bits per heavy atom. The third-order valence-electron chi connectivity index (χ3n) is 4.42. The summed E-state index contributed by atoms with van der Waals surface area (Å²) < 4.78 is 23.5. The van der Waals surface area contributed by atoms with E-state index in [4.69, 9.17) is 4.74 Å². The minimum Gasteiger partial charge on any atom is -0.466 e. The van der Waals surface area contributed by atoms with Crippen molar-refractivity contribution in [3.8, 4) is 0 Å². The lowest BCUT2D eigenvalue weighted by Gasteiger charge is -2.48. The van der Waals surface area contributed by atoms with Gasteiger partial charge in [0.25, 0.3) is 0 Å². The lowest BCUT2D eigenvalue weighted by atomic mass is 9.82. The Kier molecular flexibility index (Phi) is 4.20. The van der Waals surface area contributed by atoms with Crippen molar-refractivity contribution in [1.82, 2.24) is 9.80 Å². The topological polar surface area (TPSA) is 76.1 Å². The molecular weight excluding hydrogens is 331 g/mol. The molecule has 2 heterocycles. The van der Waals surface area contributed by atoms with Crippen molar-refractivity contribution in [1.29, 1.82) is 0 Å². The van der Waals surface area contributed by atoms with Gasteiger partial charge >= 0.3 is 12.1 Å². The van der Waals surface area contributed by atoms with Gasteiger partial charge < -0.3 is 14.4 Å². The molecule has 2 aliphatic heterocycles. The molecule has 25 heavy (non-hydrogen) atoms. The van der Waals surface area contributed by atoms with Crippen LogP contribution in [0.2, 0.25) is 0 Å². The fourth-order valence-corrected chi connectivity index (χ4v) is 3.27. The molecule has 0 aromatic heterocycles. The number of halogens is 1. The highest BCUT2D eigenvalue weighted by Gasteiger charge is 2.61. The van der Waals surface area contributed by atoms with Crippen LogP contribution in [0.1, 0.15) is 11.6 Å². The number of methoxy groups -OCH3 is 1. The van der Waals surface area contributed by atoms with Crippen LogP contribution in [0, 0.1) is 5.82 Å². The first-order valence-corrected chi connectivity index (χ1v) is 7.62.